The predicted octanol–water partition coefficient (Wildman–Crippen LogP) is 3.72. The van der Waals surface area contributed by atoms with Crippen LogP contribution in [0.25, 0.3) is 5.78 Å². The number of ether oxygens (including phenoxy) is 1. The van der Waals surface area contributed by atoms with Crippen LogP contribution in [0.3, 0.4) is 0 Å². The van der Waals surface area contributed by atoms with Gasteiger partial charge in [0.1, 0.15) is 12.9 Å². The lowest BCUT2D eigenvalue weighted by Gasteiger charge is -2.10. The van der Waals surface area contributed by atoms with Crippen molar-refractivity contribution in [2.24, 2.45) is 0 Å². The molecule has 0 aliphatic rings. The number of hydrogen-bond donors (Lipinski definition) is 0. The Morgan fingerprint density at radius 2 is 2.04 bits per heavy atom. The van der Waals surface area contributed by atoms with E-state index in [4.69, 9.17) is 27.9 Å². The van der Waals surface area contributed by atoms with Crippen LogP contribution in [0.5, 0.6) is 0 Å². The average Bonchev–Trinajstić information content (AvgIpc) is 3.04. The Bertz CT molecular complexity index is 940. The molecule has 2 aromatic heterocycles. The molecule has 0 fully saturated rings. The van der Waals surface area contributed by atoms with E-state index in [-0.39, 0.29) is 19.0 Å². The molecule has 0 radical (unpaired) electrons. The van der Waals surface area contributed by atoms with Crippen molar-refractivity contribution in [2.75, 3.05) is 0 Å². The molecular formula is C17H16Cl2N4O2. The SMILES string of the molecule is Cc1nc2ncnn2c(C)c1CCC(=O)OCc1ccc(Cl)c(Cl)c1. The van der Waals surface area contributed by atoms with Gasteiger partial charge >= 0.3 is 5.97 Å². The minimum Gasteiger partial charge on any atom is -0.461 e. The Labute approximate surface area is 154 Å². The second kappa shape index (κ2) is 7.37. The summed E-state index contributed by atoms with van der Waals surface area (Å²) in [6.45, 7) is 4.00. The number of carbonyl (C=O) groups excluding carboxylic acids is 1. The molecule has 25 heavy (non-hydrogen) atoms. The molecule has 3 rings (SSSR count). The fourth-order valence-electron chi connectivity index (χ4n) is 2.61. The second-order valence-corrected chi connectivity index (χ2v) is 6.46. The van der Waals surface area contributed by atoms with Crippen LogP contribution < -0.4 is 0 Å². The lowest BCUT2D eigenvalue weighted by Crippen LogP contribution is -2.10. The zero-order valence-electron chi connectivity index (χ0n) is 13.8. The highest BCUT2D eigenvalue weighted by atomic mass is 35.5. The van der Waals surface area contributed by atoms with Crippen molar-refractivity contribution in [3.63, 3.8) is 0 Å². The number of fused-ring (bicyclic) bond motifs is 1. The fraction of sp³-hybridized carbons (Fsp3) is 0.294. The summed E-state index contributed by atoms with van der Waals surface area (Å²) >= 11 is 11.8. The molecule has 8 heteroatoms. The first-order chi connectivity index (χ1) is 12.0. The largest absolute Gasteiger partial charge is 0.461 e. The van der Waals surface area contributed by atoms with Crippen molar-refractivity contribution in [2.45, 2.75) is 33.3 Å². The van der Waals surface area contributed by atoms with Crippen molar-refractivity contribution in [3.8, 4) is 0 Å². The average molecular weight is 379 g/mol. The predicted molar refractivity (Wildman–Crippen MR) is 94.8 cm³/mol. The molecule has 0 aliphatic carbocycles. The zero-order chi connectivity index (χ0) is 18.0. The minimum atomic E-state index is -0.288. The Morgan fingerprint density at radius 3 is 2.80 bits per heavy atom. The molecule has 0 saturated carbocycles. The summed E-state index contributed by atoms with van der Waals surface area (Å²) in [5.41, 5.74) is 3.54. The van der Waals surface area contributed by atoms with Gasteiger partial charge in [-0.05, 0) is 43.5 Å². The molecule has 0 saturated heterocycles. The first-order valence-corrected chi connectivity index (χ1v) is 8.46. The Morgan fingerprint density at radius 1 is 1.24 bits per heavy atom. The first-order valence-electron chi connectivity index (χ1n) is 7.71. The number of carbonyl (C=O) groups is 1. The molecule has 0 bridgehead atoms. The lowest BCUT2D eigenvalue weighted by atomic mass is 10.1. The molecular weight excluding hydrogens is 363 g/mol. The summed E-state index contributed by atoms with van der Waals surface area (Å²) < 4.78 is 6.97. The van der Waals surface area contributed by atoms with Crippen LogP contribution in [0.15, 0.2) is 24.5 Å². The van der Waals surface area contributed by atoms with E-state index in [0.29, 0.717) is 22.2 Å². The van der Waals surface area contributed by atoms with E-state index >= 15 is 0 Å². The maximum absolute atomic E-state index is 12.0. The number of nitrogens with zero attached hydrogens (tertiary/aromatic N) is 4. The van der Waals surface area contributed by atoms with Crippen LogP contribution in [0, 0.1) is 13.8 Å². The molecule has 0 unspecified atom stereocenters. The van der Waals surface area contributed by atoms with Crippen molar-refractivity contribution >= 4 is 34.9 Å². The van der Waals surface area contributed by atoms with E-state index in [1.165, 1.54) is 6.33 Å². The van der Waals surface area contributed by atoms with Gasteiger partial charge in [-0.3, -0.25) is 4.79 Å². The summed E-state index contributed by atoms with van der Waals surface area (Å²) in [6.07, 6.45) is 2.25. The third-order valence-corrected chi connectivity index (χ3v) is 4.69. The highest BCUT2D eigenvalue weighted by molar-refractivity contribution is 6.42. The Balaban J connectivity index is 1.61. The van der Waals surface area contributed by atoms with Gasteiger partial charge in [-0.2, -0.15) is 10.1 Å². The first kappa shape index (κ1) is 17.6. The van der Waals surface area contributed by atoms with Crippen LogP contribution in [-0.2, 0) is 22.6 Å². The van der Waals surface area contributed by atoms with E-state index in [1.54, 1.807) is 22.7 Å². The monoisotopic (exact) mass is 378 g/mol. The van der Waals surface area contributed by atoms with Crippen LogP contribution in [0.2, 0.25) is 10.0 Å². The number of aryl methyl sites for hydroxylation is 2. The number of halogens is 2. The normalized spacial score (nSPS) is 11.0. The maximum atomic E-state index is 12.0. The van der Waals surface area contributed by atoms with E-state index in [2.05, 4.69) is 15.1 Å². The summed E-state index contributed by atoms with van der Waals surface area (Å²) in [5.74, 6) is 0.268. The molecule has 0 amide bonds. The minimum absolute atomic E-state index is 0.161. The van der Waals surface area contributed by atoms with Gasteiger partial charge in [0.2, 0.25) is 0 Å². The van der Waals surface area contributed by atoms with E-state index in [9.17, 15) is 4.79 Å². The Kier molecular flexibility index (Phi) is 5.20. The molecule has 130 valence electrons. The van der Waals surface area contributed by atoms with Crippen molar-refractivity contribution in [1.82, 2.24) is 19.6 Å². The van der Waals surface area contributed by atoms with Crippen molar-refractivity contribution < 1.29 is 9.53 Å². The van der Waals surface area contributed by atoms with Gasteiger partial charge in [-0.25, -0.2) is 9.50 Å². The van der Waals surface area contributed by atoms with Gasteiger partial charge < -0.3 is 4.74 Å². The topological polar surface area (TPSA) is 69.4 Å². The molecule has 0 aliphatic heterocycles. The van der Waals surface area contributed by atoms with E-state index < -0.39 is 0 Å². The van der Waals surface area contributed by atoms with Gasteiger partial charge in [0.05, 0.1) is 10.0 Å². The van der Waals surface area contributed by atoms with Crippen molar-refractivity contribution in [3.05, 3.63) is 57.1 Å². The maximum Gasteiger partial charge on any atom is 0.306 e. The number of benzene rings is 1. The van der Waals surface area contributed by atoms with E-state index in [1.807, 2.05) is 13.8 Å². The number of aromatic nitrogens is 4. The highest BCUT2D eigenvalue weighted by Crippen LogP contribution is 2.23. The third-order valence-electron chi connectivity index (χ3n) is 3.95. The molecule has 2 heterocycles. The summed E-state index contributed by atoms with van der Waals surface area (Å²) in [6, 6.07) is 5.14. The van der Waals surface area contributed by atoms with Gasteiger partial charge in [-0.1, -0.05) is 29.3 Å². The molecule has 6 nitrogen and oxygen atoms in total. The summed E-state index contributed by atoms with van der Waals surface area (Å²) in [7, 11) is 0. The summed E-state index contributed by atoms with van der Waals surface area (Å²) in [5, 5.41) is 5.05. The second-order valence-electron chi connectivity index (χ2n) is 5.64. The number of rotatable bonds is 5. The van der Waals surface area contributed by atoms with E-state index in [0.717, 1.165) is 22.5 Å². The quantitative estimate of drug-likeness (QED) is 0.632. The highest BCUT2D eigenvalue weighted by Gasteiger charge is 2.13. The smallest absolute Gasteiger partial charge is 0.306 e. The number of hydrogen-bond acceptors (Lipinski definition) is 5. The van der Waals surface area contributed by atoms with Crippen LogP contribution >= 0.6 is 23.2 Å². The van der Waals surface area contributed by atoms with Gasteiger partial charge in [-0.15, -0.1) is 0 Å². The molecule has 3 aromatic rings. The third kappa shape index (κ3) is 3.91. The van der Waals surface area contributed by atoms with Crippen LogP contribution in [-0.4, -0.2) is 25.6 Å². The molecule has 0 N–H and O–H groups in total. The van der Waals surface area contributed by atoms with Crippen molar-refractivity contribution in [1.29, 1.82) is 0 Å². The summed E-state index contributed by atoms with van der Waals surface area (Å²) in [4.78, 5) is 20.5. The van der Waals surface area contributed by atoms with Gasteiger partial charge in [0, 0.05) is 17.8 Å². The standard InChI is InChI=1S/C17H16Cl2N4O2/c1-10-13(11(2)23-17(22-10)20-9-21-23)4-6-16(24)25-8-12-3-5-14(18)15(19)7-12/h3,5,7,9H,4,6,8H2,1-2H3. The van der Waals surface area contributed by atoms with Gasteiger partial charge in [0.25, 0.3) is 5.78 Å². The fourth-order valence-corrected chi connectivity index (χ4v) is 2.93. The molecule has 1 aromatic carbocycles. The lowest BCUT2D eigenvalue weighted by molar-refractivity contribution is -0.144. The Hall–Kier alpha value is -2.18. The zero-order valence-corrected chi connectivity index (χ0v) is 15.3. The van der Waals surface area contributed by atoms with Gasteiger partial charge in [0.15, 0.2) is 0 Å². The van der Waals surface area contributed by atoms with Crippen LogP contribution in [0.1, 0.15) is 28.9 Å². The van der Waals surface area contributed by atoms with Crippen LogP contribution in [0.4, 0.5) is 0 Å². The molecule has 0 spiro atoms. The molecule has 0 atom stereocenters. The number of esters is 1.